The predicted molar refractivity (Wildman–Crippen MR) is 127 cm³/mol. The molecule has 1 aliphatic heterocycles. The number of halogens is 2. The largest absolute Gasteiger partial charge is 0.368 e. The molecule has 1 amide bonds. The summed E-state index contributed by atoms with van der Waals surface area (Å²) in [5.74, 6) is -1.16. The molecule has 170 valence electrons. The Kier molecular flexibility index (Phi) is 6.98. The van der Waals surface area contributed by atoms with Gasteiger partial charge in [0.15, 0.2) is 11.6 Å². The zero-order valence-corrected chi connectivity index (χ0v) is 18.4. The van der Waals surface area contributed by atoms with E-state index in [9.17, 15) is 13.6 Å². The van der Waals surface area contributed by atoms with Crippen LogP contribution in [0.1, 0.15) is 24.1 Å². The number of piperazine rings is 1. The van der Waals surface area contributed by atoms with Crippen molar-refractivity contribution in [1.29, 1.82) is 0 Å². The summed E-state index contributed by atoms with van der Waals surface area (Å²) in [6, 6.07) is 17.4. The first-order valence-corrected chi connectivity index (χ1v) is 10.9. The van der Waals surface area contributed by atoms with Gasteiger partial charge in [-0.25, -0.2) is 13.8 Å². The lowest BCUT2D eigenvalue weighted by molar-refractivity contribution is -0.117. The maximum absolute atomic E-state index is 13.3. The summed E-state index contributed by atoms with van der Waals surface area (Å²) in [5, 5.41) is 2.92. The normalized spacial score (nSPS) is 15.0. The third-order valence-electron chi connectivity index (χ3n) is 5.72. The van der Waals surface area contributed by atoms with Gasteiger partial charge < -0.3 is 15.1 Å². The highest BCUT2D eigenvalue weighted by atomic mass is 19.2. The van der Waals surface area contributed by atoms with E-state index in [1.165, 1.54) is 18.2 Å². The van der Waals surface area contributed by atoms with Crippen LogP contribution in [-0.2, 0) is 4.79 Å². The molecule has 33 heavy (non-hydrogen) atoms. The van der Waals surface area contributed by atoms with E-state index in [0.717, 1.165) is 55.4 Å². The van der Waals surface area contributed by atoms with Crippen molar-refractivity contribution in [3.05, 3.63) is 95.7 Å². The van der Waals surface area contributed by atoms with Crippen LogP contribution in [0.3, 0.4) is 0 Å². The van der Waals surface area contributed by atoms with Gasteiger partial charge >= 0.3 is 0 Å². The van der Waals surface area contributed by atoms with Crippen molar-refractivity contribution in [3.8, 4) is 0 Å². The van der Waals surface area contributed by atoms with Crippen LogP contribution in [0.15, 0.2) is 72.9 Å². The topological polar surface area (TPSA) is 48.5 Å². The van der Waals surface area contributed by atoms with Gasteiger partial charge in [-0.3, -0.25) is 4.79 Å². The van der Waals surface area contributed by atoms with Gasteiger partial charge in [-0.15, -0.1) is 0 Å². The molecule has 1 aliphatic rings. The Balaban J connectivity index is 1.34. The first-order chi connectivity index (χ1) is 16.0. The van der Waals surface area contributed by atoms with E-state index >= 15 is 0 Å². The molecule has 3 aromatic rings. The highest BCUT2D eigenvalue weighted by molar-refractivity contribution is 5.92. The molecule has 0 saturated carbocycles. The molecule has 0 bridgehead atoms. The van der Waals surface area contributed by atoms with Gasteiger partial charge in [0.25, 0.3) is 0 Å². The fraction of sp³-hybridized carbons (Fsp3) is 0.231. The summed E-state index contributed by atoms with van der Waals surface area (Å²) in [4.78, 5) is 21.4. The van der Waals surface area contributed by atoms with Crippen molar-refractivity contribution >= 4 is 23.5 Å². The van der Waals surface area contributed by atoms with Gasteiger partial charge in [0.05, 0.1) is 6.04 Å². The minimum absolute atomic E-state index is 0.207. The second-order valence-corrected chi connectivity index (χ2v) is 7.99. The SMILES string of the molecule is C[C@H](NC(=O)/C=C/c1ccc(F)c(F)c1)c1cccc(N2CCN(c3ccccn3)CC2)c1. The molecule has 0 unspecified atom stereocenters. The monoisotopic (exact) mass is 448 g/mol. The third kappa shape index (κ3) is 5.74. The number of pyridine rings is 1. The van der Waals surface area contributed by atoms with E-state index < -0.39 is 11.6 Å². The van der Waals surface area contributed by atoms with Gasteiger partial charge in [-0.1, -0.05) is 24.3 Å². The Bertz CT molecular complexity index is 1130. The zero-order valence-electron chi connectivity index (χ0n) is 18.4. The van der Waals surface area contributed by atoms with E-state index in [4.69, 9.17) is 0 Å². The molecule has 0 aliphatic carbocycles. The minimum atomic E-state index is -0.941. The van der Waals surface area contributed by atoms with Crippen molar-refractivity contribution < 1.29 is 13.6 Å². The number of aromatic nitrogens is 1. The maximum Gasteiger partial charge on any atom is 0.244 e. The van der Waals surface area contributed by atoms with Crippen LogP contribution in [0.2, 0.25) is 0 Å². The summed E-state index contributed by atoms with van der Waals surface area (Å²) >= 11 is 0. The first-order valence-electron chi connectivity index (χ1n) is 10.9. The lowest BCUT2D eigenvalue weighted by Gasteiger charge is -2.37. The average molecular weight is 449 g/mol. The summed E-state index contributed by atoms with van der Waals surface area (Å²) in [5.41, 5.74) is 2.53. The van der Waals surface area contributed by atoms with Gasteiger partial charge in [0.1, 0.15) is 5.82 Å². The van der Waals surface area contributed by atoms with Crippen LogP contribution in [0.25, 0.3) is 6.08 Å². The molecule has 7 heteroatoms. The Morgan fingerprint density at radius 3 is 2.48 bits per heavy atom. The number of nitrogens with one attached hydrogen (secondary N) is 1. The van der Waals surface area contributed by atoms with Crippen LogP contribution < -0.4 is 15.1 Å². The molecule has 4 rings (SSSR count). The van der Waals surface area contributed by atoms with E-state index in [-0.39, 0.29) is 11.9 Å². The fourth-order valence-corrected chi connectivity index (χ4v) is 3.86. The zero-order chi connectivity index (χ0) is 23.2. The Morgan fingerprint density at radius 1 is 0.970 bits per heavy atom. The van der Waals surface area contributed by atoms with Crippen molar-refractivity contribution in [3.63, 3.8) is 0 Å². The smallest absolute Gasteiger partial charge is 0.244 e. The first kappa shape index (κ1) is 22.5. The Hall–Kier alpha value is -3.74. The summed E-state index contributed by atoms with van der Waals surface area (Å²) in [6.45, 7) is 5.47. The van der Waals surface area contributed by atoms with Crippen LogP contribution in [-0.4, -0.2) is 37.1 Å². The van der Waals surface area contributed by atoms with Crippen molar-refractivity contribution in [2.45, 2.75) is 13.0 Å². The van der Waals surface area contributed by atoms with E-state index in [1.807, 2.05) is 43.5 Å². The number of carbonyl (C=O) groups excluding carboxylic acids is 1. The van der Waals surface area contributed by atoms with Crippen LogP contribution in [0, 0.1) is 11.6 Å². The van der Waals surface area contributed by atoms with Crippen LogP contribution in [0.4, 0.5) is 20.3 Å². The second kappa shape index (κ2) is 10.3. The van der Waals surface area contributed by atoms with Gasteiger partial charge in [-0.05, 0) is 60.5 Å². The maximum atomic E-state index is 13.3. The van der Waals surface area contributed by atoms with Crippen molar-refractivity contribution in [2.75, 3.05) is 36.0 Å². The van der Waals surface area contributed by atoms with Gasteiger partial charge in [0, 0.05) is 44.1 Å². The third-order valence-corrected chi connectivity index (χ3v) is 5.72. The number of rotatable bonds is 6. The molecule has 0 radical (unpaired) electrons. The molecule has 1 aromatic heterocycles. The molecular formula is C26H26F2N4O. The number of benzene rings is 2. The number of hydrogen-bond donors (Lipinski definition) is 1. The Morgan fingerprint density at radius 2 is 1.76 bits per heavy atom. The van der Waals surface area contributed by atoms with Crippen LogP contribution >= 0.6 is 0 Å². The fourth-order valence-electron chi connectivity index (χ4n) is 3.86. The molecule has 1 atom stereocenters. The molecule has 1 fully saturated rings. The summed E-state index contributed by atoms with van der Waals surface area (Å²) in [7, 11) is 0. The van der Waals surface area contributed by atoms with E-state index in [0.29, 0.717) is 5.56 Å². The molecule has 5 nitrogen and oxygen atoms in total. The number of amides is 1. The standard InChI is InChI=1S/C26H26F2N4O/c1-19(30-26(33)11-9-20-8-10-23(27)24(28)17-20)21-5-4-6-22(18-21)31-13-15-32(16-14-31)25-7-2-3-12-29-25/h2-12,17-19H,13-16H2,1H3,(H,30,33)/b11-9+/t19-/m0/s1. The second-order valence-electron chi connectivity index (χ2n) is 7.99. The highest BCUT2D eigenvalue weighted by Gasteiger charge is 2.19. The predicted octanol–water partition coefficient (Wildman–Crippen LogP) is 4.58. The van der Waals surface area contributed by atoms with Crippen molar-refractivity contribution in [2.24, 2.45) is 0 Å². The van der Waals surface area contributed by atoms with Crippen LogP contribution in [0.5, 0.6) is 0 Å². The molecule has 2 heterocycles. The Labute approximate surface area is 192 Å². The van der Waals surface area contributed by atoms with E-state index in [2.05, 4.69) is 32.2 Å². The molecule has 0 spiro atoms. The molecule has 1 saturated heterocycles. The van der Waals surface area contributed by atoms with Gasteiger partial charge in [0.2, 0.25) is 5.91 Å². The average Bonchev–Trinajstić information content (AvgIpc) is 2.85. The van der Waals surface area contributed by atoms with E-state index in [1.54, 1.807) is 0 Å². The molecule has 2 aromatic carbocycles. The highest BCUT2D eigenvalue weighted by Crippen LogP contribution is 2.23. The van der Waals surface area contributed by atoms with Gasteiger partial charge in [-0.2, -0.15) is 0 Å². The lowest BCUT2D eigenvalue weighted by Crippen LogP contribution is -2.46. The summed E-state index contributed by atoms with van der Waals surface area (Å²) < 4.78 is 26.3. The quantitative estimate of drug-likeness (QED) is 0.561. The number of hydrogen-bond acceptors (Lipinski definition) is 4. The lowest BCUT2D eigenvalue weighted by atomic mass is 10.1. The minimum Gasteiger partial charge on any atom is -0.368 e. The summed E-state index contributed by atoms with van der Waals surface area (Å²) in [6.07, 6.45) is 4.60. The molecular weight excluding hydrogens is 422 g/mol. The number of nitrogens with zero attached hydrogens (tertiary/aromatic N) is 3. The number of anilines is 2. The van der Waals surface area contributed by atoms with Crippen molar-refractivity contribution in [1.82, 2.24) is 10.3 Å². The molecule has 1 N–H and O–H groups in total. The number of carbonyl (C=O) groups is 1.